The van der Waals surface area contributed by atoms with Gasteiger partial charge in [-0.1, -0.05) is 26.0 Å². The zero-order valence-corrected chi connectivity index (χ0v) is 11.3. The highest BCUT2D eigenvalue weighted by Gasteiger charge is 2.16. The van der Waals surface area contributed by atoms with E-state index in [4.69, 9.17) is 5.73 Å². The van der Waals surface area contributed by atoms with Gasteiger partial charge in [-0.15, -0.1) is 0 Å². The molecule has 2 nitrogen and oxygen atoms in total. The minimum absolute atomic E-state index is 0.269. The van der Waals surface area contributed by atoms with Crippen LogP contribution in [0.3, 0.4) is 0 Å². The maximum Gasteiger partial charge on any atom is 0.163 e. The molecule has 0 radical (unpaired) electrons. The van der Waals surface area contributed by atoms with E-state index in [2.05, 4.69) is 18.7 Å². The van der Waals surface area contributed by atoms with Gasteiger partial charge in [0.25, 0.3) is 0 Å². The molecule has 0 saturated carbocycles. The predicted molar refractivity (Wildman–Crippen MR) is 70.4 cm³/mol. The third-order valence-electron chi connectivity index (χ3n) is 3.36. The molecule has 1 aromatic rings. The van der Waals surface area contributed by atoms with Gasteiger partial charge in [-0.3, -0.25) is 0 Å². The second-order valence-corrected chi connectivity index (χ2v) is 4.52. The van der Waals surface area contributed by atoms with Gasteiger partial charge in [0.1, 0.15) is 0 Å². The number of nitrogens with zero attached hydrogens (tertiary/aromatic N) is 1. The topological polar surface area (TPSA) is 29.3 Å². The largest absolute Gasteiger partial charge is 0.324 e. The van der Waals surface area contributed by atoms with Crippen molar-refractivity contribution < 1.29 is 8.78 Å². The summed E-state index contributed by atoms with van der Waals surface area (Å²) >= 11 is 0. The number of nitrogens with two attached hydrogens (primary N) is 1. The zero-order chi connectivity index (χ0) is 13.7. The van der Waals surface area contributed by atoms with E-state index in [1.807, 2.05) is 0 Å². The molecule has 0 fully saturated rings. The van der Waals surface area contributed by atoms with E-state index in [0.717, 1.165) is 19.6 Å². The summed E-state index contributed by atoms with van der Waals surface area (Å²) in [4.78, 5) is 2.21. The predicted octanol–water partition coefficient (Wildman–Crippen LogP) is 3.00. The van der Waals surface area contributed by atoms with Crippen molar-refractivity contribution in [1.29, 1.82) is 0 Å². The van der Waals surface area contributed by atoms with Crippen LogP contribution in [0, 0.1) is 18.6 Å². The van der Waals surface area contributed by atoms with Gasteiger partial charge in [0.2, 0.25) is 0 Å². The van der Waals surface area contributed by atoms with Crippen molar-refractivity contribution in [2.45, 2.75) is 33.2 Å². The maximum atomic E-state index is 13.7. The Balaban J connectivity index is 2.73. The number of hydrogen-bond donors (Lipinski definition) is 1. The number of rotatable bonds is 6. The first-order valence-electron chi connectivity index (χ1n) is 6.43. The molecule has 0 aliphatic heterocycles. The van der Waals surface area contributed by atoms with Gasteiger partial charge in [0, 0.05) is 11.6 Å². The molecule has 0 aromatic heterocycles. The summed E-state index contributed by atoms with van der Waals surface area (Å²) in [7, 11) is 0. The fourth-order valence-corrected chi connectivity index (χ4v) is 1.96. The number of benzene rings is 1. The van der Waals surface area contributed by atoms with Gasteiger partial charge < -0.3 is 10.6 Å². The summed E-state index contributed by atoms with van der Waals surface area (Å²) in [5.41, 5.74) is 6.52. The number of aryl methyl sites for hydroxylation is 1. The van der Waals surface area contributed by atoms with Gasteiger partial charge in [0.05, 0.1) is 0 Å². The molecule has 0 bridgehead atoms. The van der Waals surface area contributed by atoms with Crippen LogP contribution in [0.5, 0.6) is 0 Å². The first kappa shape index (κ1) is 15.1. The normalized spacial score (nSPS) is 13.1. The maximum absolute atomic E-state index is 13.7. The molecule has 0 spiro atoms. The van der Waals surface area contributed by atoms with Crippen LogP contribution in [0.2, 0.25) is 0 Å². The summed E-state index contributed by atoms with van der Waals surface area (Å²) in [6.07, 6.45) is 0.626. The second kappa shape index (κ2) is 6.81. The Kier molecular flexibility index (Phi) is 5.69. The highest BCUT2D eigenvalue weighted by atomic mass is 19.2. The van der Waals surface area contributed by atoms with E-state index in [1.54, 1.807) is 19.1 Å². The van der Waals surface area contributed by atoms with Crippen LogP contribution in [-0.2, 0) is 0 Å². The Morgan fingerprint density at radius 2 is 1.78 bits per heavy atom. The third-order valence-corrected chi connectivity index (χ3v) is 3.36. The SMILES string of the molecule is CCN(CC)CCC(N)c1ccc(C)c(F)c1F. The molecule has 0 aliphatic rings. The lowest BCUT2D eigenvalue weighted by Gasteiger charge is -2.21. The lowest BCUT2D eigenvalue weighted by Crippen LogP contribution is -2.27. The molecule has 1 rings (SSSR count). The van der Waals surface area contributed by atoms with E-state index >= 15 is 0 Å². The number of halogens is 2. The van der Waals surface area contributed by atoms with E-state index in [-0.39, 0.29) is 5.56 Å². The highest BCUT2D eigenvalue weighted by Crippen LogP contribution is 2.22. The fraction of sp³-hybridized carbons (Fsp3) is 0.571. The van der Waals surface area contributed by atoms with Crippen LogP contribution < -0.4 is 5.73 Å². The molecule has 2 N–H and O–H groups in total. The smallest absolute Gasteiger partial charge is 0.163 e. The van der Waals surface area contributed by atoms with E-state index in [0.29, 0.717) is 12.0 Å². The lowest BCUT2D eigenvalue weighted by molar-refractivity contribution is 0.289. The Morgan fingerprint density at radius 1 is 1.17 bits per heavy atom. The molecular weight excluding hydrogens is 234 g/mol. The average molecular weight is 256 g/mol. The van der Waals surface area contributed by atoms with Gasteiger partial charge in [-0.2, -0.15) is 0 Å². The summed E-state index contributed by atoms with van der Waals surface area (Å²) in [5.74, 6) is -1.59. The van der Waals surface area contributed by atoms with Crippen LogP contribution in [0.25, 0.3) is 0 Å². The lowest BCUT2D eigenvalue weighted by atomic mass is 10.0. The zero-order valence-electron chi connectivity index (χ0n) is 11.3. The van der Waals surface area contributed by atoms with Crippen LogP contribution in [0.1, 0.15) is 37.4 Å². The average Bonchev–Trinajstić information content (AvgIpc) is 2.37. The molecule has 0 saturated heterocycles. The fourth-order valence-electron chi connectivity index (χ4n) is 1.96. The molecule has 18 heavy (non-hydrogen) atoms. The first-order valence-corrected chi connectivity index (χ1v) is 6.43. The van der Waals surface area contributed by atoms with Crippen molar-refractivity contribution in [1.82, 2.24) is 4.90 Å². The Bertz CT molecular complexity index is 390. The van der Waals surface area contributed by atoms with E-state index in [9.17, 15) is 8.78 Å². The molecule has 1 atom stereocenters. The number of hydrogen-bond acceptors (Lipinski definition) is 2. The Labute approximate surface area is 108 Å². The minimum atomic E-state index is -0.804. The second-order valence-electron chi connectivity index (χ2n) is 4.52. The third kappa shape index (κ3) is 3.50. The van der Waals surface area contributed by atoms with Crippen LogP contribution in [0.4, 0.5) is 8.78 Å². The highest BCUT2D eigenvalue weighted by molar-refractivity contribution is 5.27. The molecule has 102 valence electrons. The summed E-state index contributed by atoms with van der Waals surface area (Å²) in [6, 6.07) is 2.70. The molecule has 4 heteroatoms. The van der Waals surface area contributed by atoms with Gasteiger partial charge in [-0.05, 0) is 38.5 Å². The molecule has 1 unspecified atom stereocenters. The van der Waals surface area contributed by atoms with Gasteiger partial charge >= 0.3 is 0 Å². The minimum Gasteiger partial charge on any atom is -0.324 e. The summed E-state index contributed by atoms with van der Waals surface area (Å²) in [5, 5.41) is 0. The Hall–Kier alpha value is -1.00. The molecule has 1 aromatic carbocycles. The van der Waals surface area contributed by atoms with Crippen molar-refractivity contribution in [3.8, 4) is 0 Å². The molecule has 0 amide bonds. The van der Waals surface area contributed by atoms with Gasteiger partial charge in [-0.25, -0.2) is 8.78 Å². The molecular formula is C14H22F2N2. The van der Waals surface area contributed by atoms with Crippen molar-refractivity contribution in [3.05, 3.63) is 34.9 Å². The van der Waals surface area contributed by atoms with Crippen LogP contribution >= 0.6 is 0 Å². The first-order chi connectivity index (χ1) is 8.51. The van der Waals surface area contributed by atoms with Crippen LogP contribution in [0.15, 0.2) is 12.1 Å². The summed E-state index contributed by atoms with van der Waals surface area (Å²) < 4.78 is 27.2. The van der Waals surface area contributed by atoms with Crippen molar-refractivity contribution >= 4 is 0 Å². The molecule has 0 aliphatic carbocycles. The Morgan fingerprint density at radius 3 is 2.33 bits per heavy atom. The monoisotopic (exact) mass is 256 g/mol. The van der Waals surface area contributed by atoms with Gasteiger partial charge in [0.15, 0.2) is 11.6 Å². The van der Waals surface area contributed by atoms with Crippen molar-refractivity contribution in [2.24, 2.45) is 5.73 Å². The molecule has 0 heterocycles. The van der Waals surface area contributed by atoms with Crippen molar-refractivity contribution in [2.75, 3.05) is 19.6 Å². The van der Waals surface area contributed by atoms with E-state index in [1.165, 1.54) is 0 Å². The van der Waals surface area contributed by atoms with Crippen LogP contribution in [-0.4, -0.2) is 24.5 Å². The van der Waals surface area contributed by atoms with Crippen molar-refractivity contribution in [3.63, 3.8) is 0 Å². The standard InChI is InChI=1S/C14H22F2N2/c1-4-18(5-2)9-8-12(17)11-7-6-10(3)13(15)14(11)16/h6-7,12H,4-5,8-9,17H2,1-3H3. The summed E-state index contributed by atoms with van der Waals surface area (Å²) in [6.45, 7) is 8.36. The van der Waals surface area contributed by atoms with E-state index < -0.39 is 17.7 Å². The quantitative estimate of drug-likeness (QED) is 0.847.